The van der Waals surface area contributed by atoms with Crippen LogP contribution in [0.1, 0.15) is 5.69 Å². The Morgan fingerprint density at radius 2 is 1.87 bits per heavy atom. The number of methoxy groups -OCH3 is 1. The number of carbonyl (C=O) groups is 1. The molecule has 2 aromatic carbocycles. The van der Waals surface area contributed by atoms with Crippen LogP contribution in [0.2, 0.25) is 0 Å². The van der Waals surface area contributed by atoms with Crippen LogP contribution in [-0.4, -0.2) is 27.7 Å². The molecule has 1 saturated heterocycles. The molecule has 0 saturated carbocycles. The van der Waals surface area contributed by atoms with Crippen molar-refractivity contribution >= 4 is 40.3 Å². The second kappa shape index (κ2) is 8.26. The molecule has 1 aliphatic rings. The zero-order valence-corrected chi connectivity index (χ0v) is 16.6. The largest absolute Gasteiger partial charge is 0.497 e. The Morgan fingerprint density at radius 3 is 2.53 bits per heavy atom. The number of aliphatic imine (C=N–C) groups is 1. The second-order valence-electron chi connectivity index (χ2n) is 6.26. The molecule has 0 aliphatic carbocycles. The van der Waals surface area contributed by atoms with Crippen LogP contribution in [-0.2, 0) is 0 Å². The topological polar surface area (TPSA) is 98.8 Å². The first kappa shape index (κ1) is 19.5. The van der Waals surface area contributed by atoms with Gasteiger partial charge in [0, 0.05) is 29.7 Å². The van der Waals surface area contributed by atoms with Crippen LogP contribution in [0.25, 0.3) is 11.8 Å². The summed E-state index contributed by atoms with van der Waals surface area (Å²) in [5, 5.41) is 13.4. The van der Waals surface area contributed by atoms with Crippen molar-refractivity contribution in [2.75, 3.05) is 7.11 Å². The summed E-state index contributed by atoms with van der Waals surface area (Å²) in [6.07, 6.45) is 3.70. The van der Waals surface area contributed by atoms with Gasteiger partial charge in [0.15, 0.2) is 0 Å². The Morgan fingerprint density at radius 1 is 1.13 bits per heavy atom. The molecule has 9 heteroatoms. The van der Waals surface area contributed by atoms with Crippen molar-refractivity contribution in [3.05, 3.63) is 87.6 Å². The van der Waals surface area contributed by atoms with Gasteiger partial charge in [0.05, 0.1) is 22.6 Å². The van der Waals surface area contributed by atoms with Crippen molar-refractivity contribution in [1.29, 1.82) is 0 Å². The van der Waals surface area contributed by atoms with Crippen LogP contribution in [0.5, 0.6) is 5.75 Å². The number of aromatic nitrogens is 1. The number of thioether (sulfide) groups is 1. The lowest BCUT2D eigenvalue weighted by Crippen LogP contribution is -2.18. The predicted octanol–water partition coefficient (Wildman–Crippen LogP) is 4.92. The molecule has 30 heavy (non-hydrogen) atoms. The molecule has 4 rings (SSSR count). The standard InChI is InChI=1S/C21H16N4O4S/c1-29-18-10-4-14(5-11-18)22-20-19(30-21(26)23-20)13-17-3-2-12-24(17)15-6-8-16(9-7-15)25(27)28/h2-13H,1H3,(H,22,23,26). The molecular formula is C21H16N4O4S. The third-order valence-electron chi connectivity index (χ3n) is 4.37. The van der Waals surface area contributed by atoms with Gasteiger partial charge in [-0.2, -0.15) is 0 Å². The Kier molecular flexibility index (Phi) is 5.36. The summed E-state index contributed by atoms with van der Waals surface area (Å²) < 4.78 is 7.03. The van der Waals surface area contributed by atoms with Crippen molar-refractivity contribution in [3.8, 4) is 11.4 Å². The fourth-order valence-corrected chi connectivity index (χ4v) is 3.64. The molecule has 1 amide bonds. The third-order valence-corrected chi connectivity index (χ3v) is 5.19. The van der Waals surface area contributed by atoms with Gasteiger partial charge in [-0.05, 0) is 66.4 Å². The molecule has 1 aliphatic heterocycles. The molecule has 8 nitrogen and oxygen atoms in total. The van der Waals surface area contributed by atoms with E-state index in [9.17, 15) is 14.9 Å². The van der Waals surface area contributed by atoms with Gasteiger partial charge in [0.1, 0.15) is 11.6 Å². The number of ether oxygens (including phenoxy) is 1. The first-order valence-corrected chi connectivity index (χ1v) is 9.71. The Hall–Kier alpha value is -3.85. The molecule has 1 fully saturated rings. The first-order chi connectivity index (χ1) is 14.5. The number of nitrogens with zero attached hydrogens (tertiary/aromatic N) is 3. The number of rotatable bonds is 5. The van der Waals surface area contributed by atoms with E-state index in [-0.39, 0.29) is 10.9 Å². The maximum Gasteiger partial charge on any atom is 0.289 e. The number of carbonyl (C=O) groups excluding carboxylic acids is 1. The summed E-state index contributed by atoms with van der Waals surface area (Å²) in [6, 6.07) is 17.2. The fraction of sp³-hybridized carbons (Fsp3) is 0.0476. The number of hydrogen-bond donors (Lipinski definition) is 1. The molecule has 3 aromatic rings. The lowest BCUT2D eigenvalue weighted by atomic mass is 10.2. The number of non-ortho nitro benzene ring substituents is 1. The van der Waals surface area contributed by atoms with E-state index in [1.165, 1.54) is 12.1 Å². The van der Waals surface area contributed by atoms with Gasteiger partial charge in [0.2, 0.25) is 0 Å². The summed E-state index contributed by atoms with van der Waals surface area (Å²) in [7, 11) is 1.59. The van der Waals surface area contributed by atoms with Crippen LogP contribution in [0.4, 0.5) is 16.2 Å². The van der Waals surface area contributed by atoms with Gasteiger partial charge in [-0.15, -0.1) is 0 Å². The van der Waals surface area contributed by atoms with E-state index in [2.05, 4.69) is 10.3 Å². The maximum absolute atomic E-state index is 12.0. The summed E-state index contributed by atoms with van der Waals surface area (Å²) in [4.78, 5) is 27.6. The van der Waals surface area contributed by atoms with Gasteiger partial charge >= 0.3 is 0 Å². The van der Waals surface area contributed by atoms with Gasteiger partial charge in [-0.1, -0.05) is 0 Å². The maximum atomic E-state index is 12.0. The highest BCUT2D eigenvalue weighted by atomic mass is 32.2. The number of hydrogen-bond acceptors (Lipinski definition) is 6. The smallest absolute Gasteiger partial charge is 0.289 e. The van der Waals surface area contributed by atoms with E-state index in [0.29, 0.717) is 16.4 Å². The molecule has 1 aromatic heterocycles. The van der Waals surface area contributed by atoms with Gasteiger partial charge < -0.3 is 14.6 Å². The SMILES string of the molecule is COc1ccc(N=C2NC(=O)SC2=Cc2cccn2-c2ccc([N+](=O)[O-])cc2)cc1. The highest BCUT2D eigenvalue weighted by molar-refractivity contribution is 8.18. The summed E-state index contributed by atoms with van der Waals surface area (Å²) in [5.74, 6) is 1.19. The lowest BCUT2D eigenvalue weighted by Gasteiger charge is -2.07. The van der Waals surface area contributed by atoms with E-state index >= 15 is 0 Å². The molecule has 0 atom stereocenters. The monoisotopic (exact) mass is 420 g/mol. The van der Waals surface area contributed by atoms with E-state index in [1.54, 1.807) is 43.5 Å². The normalized spacial score (nSPS) is 16.1. The summed E-state index contributed by atoms with van der Waals surface area (Å²) >= 11 is 1.06. The Bertz CT molecular complexity index is 1160. The zero-order valence-electron chi connectivity index (χ0n) is 15.8. The van der Waals surface area contributed by atoms with Crippen molar-refractivity contribution < 1.29 is 14.5 Å². The number of nitro benzene ring substituents is 1. The van der Waals surface area contributed by atoms with E-state index < -0.39 is 4.92 Å². The summed E-state index contributed by atoms with van der Waals surface area (Å²) in [5.41, 5.74) is 2.30. The molecule has 1 N–H and O–H groups in total. The molecule has 0 spiro atoms. The van der Waals surface area contributed by atoms with Gasteiger partial charge in [-0.25, -0.2) is 4.99 Å². The fourth-order valence-electron chi connectivity index (χ4n) is 2.91. The van der Waals surface area contributed by atoms with Crippen molar-refractivity contribution in [2.45, 2.75) is 0 Å². The molecular weight excluding hydrogens is 404 g/mol. The number of amides is 1. The van der Waals surface area contributed by atoms with Crippen LogP contribution in [0.15, 0.2) is 76.8 Å². The minimum atomic E-state index is -0.434. The second-order valence-corrected chi connectivity index (χ2v) is 7.27. The predicted molar refractivity (Wildman–Crippen MR) is 117 cm³/mol. The molecule has 0 unspecified atom stereocenters. The average molecular weight is 420 g/mol. The molecule has 150 valence electrons. The number of amidine groups is 1. The minimum absolute atomic E-state index is 0.0286. The van der Waals surface area contributed by atoms with Crippen LogP contribution >= 0.6 is 11.8 Å². The molecule has 0 bridgehead atoms. The highest BCUT2D eigenvalue weighted by Crippen LogP contribution is 2.30. The minimum Gasteiger partial charge on any atom is -0.497 e. The van der Waals surface area contributed by atoms with E-state index in [4.69, 9.17) is 4.74 Å². The third kappa shape index (κ3) is 4.11. The summed E-state index contributed by atoms with van der Waals surface area (Å²) in [6.45, 7) is 0. The molecule has 0 radical (unpaired) electrons. The van der Waals surface area contributed by atoms with Crippen LogP contribution in [0, 0.1) is 10.1 Å². The van der Waals surface area contributed by atoms with Gasteiger partial charge in [-0.3, -0.25) is 14.9 Å². The van der Waals surface area contributed by atoms with Crippen LogP contribution in [0.3, 0.4) is 0 Å². The number of benzene rings is 2. The number of nitro groups is 1. The lowest BCUT2D eigenvalue weighted by molar-refractivity contribution is -0.384. The quantitative estimate of drug-likeness (QED) is 0.466. The van der Waals surface area contributed by atoms with E-state index in [1.807, 2.05) is 29.0 Å². The zero-order chi connectivity index (χ0) is 21.1. The number of nitrogens with one attached hydrogen (secondary N) is 1. The highest BCUT2D eigenvalue weighted by Gasteiger charge is 2.24. The van der Waals surface area contributed by atoms with Crippen molar-refractivity contribution in [1.82, 2.24) is 9.88 Å². The Balaban J connectivity index is 1.66. The first-order valence-electron chi connectivity index (χ1n) is 8.89. The van der Waals surface area contributed by atoms with E-state index in [0.717, 1.165) is 28.9 Å². The Labute approximate surface area is 176 Å². The average Bonchev–Trinajstić information content (AvgIpc) is 3.35. The van der Waals surface area contributed by atoms with Gasteiger partial charge in [0.25, 0.3) is 10.9 Å². The van der Waals surface area contributed by atoms with Crippen molar-refractivity contribution in [2.24, 2.45) is 4.99 Å². The van der Waals surface area contributed by atoms with Crippen molar-refractivity contribution in [3.63, 3.8) is 0 Å². The van der Waals surface area contributed by atoms with Crippen LogP contribution < -0.4 is 10.1 Å². The molecule has 2 heterocycles.